The highest BCUT2D eigenvalue weighted by Gasteiger charge is 2.20. The maximum absolute atomic E-state index is 13.9. The van der Waals surface area contributed by atoms with Crippen molar-refractivity contribution in [2.24, 2.45) is 5.73 Å². The molecule has 2 amide bonds. The van der Waals surface area contributed by atoms with E-state index in [1.165, 1.54) is 30.3 Å². The number of hydrogen-bond acceptors (Lipinski definition) is 4. The van der Waals surface area contributed by atoms with Crippen molar-refractivity contribution in [3.05, 3.63) is 59.9 Å². The summed E-state index contributed by atoms with van der Waals surface area (Å²) in [4.78, 5) is 23.0. The van der Waals surface area contributed by atoms with Crippen LogP contribution in [0.5, 0.6) is 0 Å². The molecule has 7 nitrogen and oxygen atoms in total. The average molecular weight is 393 g/mol. The Hall–Kier alpha value is -2.94. The van der Waals surface area contributed by atoms with Crippen LogP contribution in [0.3, 0.4) is 0 Å². The van der Waals surface area contributed by atoms with Gasteiger partial charge in [0.2, 0.25) is 21.8 Å². The lowest BCUT2D eigenvalue weighted by Crippen LogP contribution is -2.32. The minimum atomic E-state index is -3.69. The zero-order valence-corrected chi connectivity index (χ0v) is 15.5. The van der Waals surface area contributed by atoms with Gasteiger partial charge in [-0.3, -0.25) is 13.9 Å². The van der Waals surface area contributed by atoms with Crippen LogP contribution in [-0.4, -0.2) is 33.0 Å². The molecule has 0 saturated heterocycles. The molecule has 27 heavy (non-hydrogen) atoms. The van der Waals surface area contributed by atoms with Gasteiger partial charge in [-0.15, -0.1) is 0 Å². The van der Waals surface area contributed by atoms with Crippen LogP contribution < -0.4 is 15.4 Å². The van der Waals surface area contributed by atoms with Gasteiger partial charge in [0.1, 0.15) is 5.82 Å². The van der Waals surface area contributed by atoms with E-state index >= 15 is 0 Å². The third-order valence-electron chi connectivity index (χ3n) is 3.74. The number of nitrogens with zero attached hydrogens (tertiary/aromatic N) is 1. The van der Waals surface area contributed by atoms with Crippen LogP contribution in [0.1, 0.15) is 23.2 Å². The van der Waals surface area contributed by atoms with Crippen LogP contribution in [0.2, 0.25) is 0 Å². The van der Waals surface area contributed by atoms with E-state index in [0.717, 1.165) is 10.6 Å². The molecule has 0 radical (unpaired) electrons. The molecule has 0 aromatic heterocycles. The first kappa shape index (κ1) is 20.4. The zero-order valence-electron chi connectivity index (χ0n) is 14.7. The Morgan fingerprint density at radius 1 is 1.11 bits per heavy atom. The fraction of sp³-hybridized carbons (Fsp3) is 0.222. The van der Waals surface area contributed by atoms with E-state index in [0.29, 0.717) is 11.3 Å². The van der Waals surface area contributed by atoms with E-state index in [1.54, 1.807) is 18.2 Å². The van der Waals surface area contributed by atoms with Crippen molar-refractivity contribution >= 4 is 33.2 Å². The van der Waals surface area contributed by atoms with Crippen molar-refractivity contribution < 1.29 is 22.4 Å². The number of amides is 2. The maximum atomic E-state index is 13.9. The van der Waals surface area contributed by atoms with E-state index in [1.807, 2.05) is 0 Å². The lowest BCUT2D eigenvalue weighted by Gasteiger charge is -2.22. The molecule has 2 rings (SSSR count). The van der Waals surface area contributed by atoms with Gasteiger partial charge in [-0.2, -0.15) is 0 Å². The molecule has 3 N–H and O–H groups in total. The fourth-order valence-electron chi connectivity index (χ4n) is 2.44. The summed E-state index contributed by atoms with van der Waals surface area (Å²) in [5.74, 6) is -1.55. The molecule has 2 aromatic carbocycles. The van der Waals surface area contributed by atoms with E-state index < -0.39 is 21.7 Å². The third-order valence-corrected chi connectivity index (χ3v) is 4.92. The highest BCUT2D eigenvalue weighted by Crippen LogP contribution is 2.22. The molecule has 0 aliphatic heterocycles. The van der Waals surface area contributed by atoms with Gasteiger partial charge < -0.3 is 11.1 Å². The van der Waals surface area contributed by atoms with Crippen molar-refractivity contribution in [2.75, 3.05) is 22.4 Å². The molecule has 144 valence electrons. The molecule has 0 unspecified atom stereocenters. The van der Waals surface area contributed by atoms with Gasteiger partial charge in [0, 0.05) is 24.2 Å². The largest absolute Gasteiger partial charge is 0.366 e. The van der Waals surface area contributed by atoms with Crippen LogP contribution in [0.15, 0.2) is 48.5 Å². The van der Waals surface area contributed by atoms with Crippen molar-refractivity contribution in [2.45, 2.75) is 12.8 Å². The molecule has 0 aliphatic carbocycles. The summed E-state index contributed by atoms with van der Waals surface area (Å²) >= 11 is 0. The normalized spacial score (nSPS) is 11.0. The number of anilines is 2. The second-order valence-electron chi connectivity index (χ2n) is 5.88. The van der Waals surface area contributed by atoms with Crippen molar-refractivity contribution in [1.29, 1.82) is 0 Å². The average Bonchev–Trinajstić information content (AvgIpc) is 2.59. The molecular weight excluding hydrogens is 373 g/mol. The number of benzene rings is 2. The second kappa shape index (κ2) is 8.63. The number of carbonyl (C=O) groups is 2. The Bertz CT molecular complexity index is 930. The Morgan fingerprint density at radius 3 is 2.30 bits per heavy atom. The van der Waals surface area contributed by atoms with Crippen molar-refractivity contribution in [3.8, 4) is 0 Å². The maximum Gasteiger partial charge on any atom is 0.248 e. The number of primary amides is 1. The number of carbonyl (C=O) groups excluding carboxylic acids is 2. The highest BCUT2D eigenvalue weighted by molar-refractivity contribution is 7.92. The predicted octanol–water partition coefficient (Wildman–Crippen LogP) is 2.11. The third kappa shape index (κ3) is 5.78. The van der Waals surface area contributed by atoms with Gasteiger partial charge in [0.05, 0.1) is 11.9 Å². The van der Waals surface area contributed by atoms with Gasteiger partial charge in [0.15, 0.2) is 0 Å². The van der Waals surface area contributed by atoms with Crippen molar-refractivity contribution in [3.63, 3.8) is 0 Å². The minimum absolute atomic E-state index is 0.0339. The smallest absolute Gasteiger partial charge is 0.248 e. The number of hydrogen-bond donors (Lipinski definition) is 2. The monoisotopic (exact) mass is 393 g/mol. The summed E-state index contributed by atoms with van der Waals surface area (Å²) in [6, 6.07) is 11.6. The van der Waals surface area contributed by atoms with Gasteiger partial charge in [0.25, 0.3) is 0 Å². The molecule has 0 atom stereocenters. The van der Waals surface area contributed by atoms with Crippen LogP contribution in [0.25, 0.3) is 0 Å². The summed E-state index contributed by atoms with van der Waals surface area (Å²) in [6.45, 7) is -0.0339. The van der Waals surface area contributed by atoms with Crippen LogP contribution in [0, 0.1) is 5.82 Å². The van der Waals surface area contributed by atoms with Crippen LogP contribution in [-0.2, 0) is 14.8 Å². The summed E-state index contributed by atoms with van der Waals surface area (Å²) < 4.78 is 38.8. The van der Waals surface area contributed by atoms with E-state index in [2.05, 4.69) is 5.32 Å². The molecule has 2 aromatic rings. The zero-order chi connectivity index (χ0) is 20.0. The molecule has 0 heterocycles. The van der Waals surface area contributed by atoms with Crippen molar-refractivity contribution in [1.82, 2.24) is 0 Å². The number of para-hydroxylation sites is 1. The quantitative estimate of drug-likeness (QED) is 0.716. The Kier molecular flexibility index (Phi) is 6.51. The Morgan fingerprint density at radius 2 is 1.74 bits per heavy atom. The molecular formula is C18H20FN3O4S. The summed E-state index contributed by atoms with van der Waals surface area (Å²) in [5.41, 5.74) is 5.90. The first-order valence-electron chi connectivity index (χ1n) is 8.10. The number of nitrogens with one attached hydrogen (secondary N) is 1. The highest BCUT2D eigenvalue weighted by atomic mass is 32.2. The first-order chi connectivity index (χ1) is 12.7. The first-order valence-corrected chi connectivity index (χ1v) is 9.95. The molecule has 9 heteroatoms. The predicted molar refractivity (Wildman–Crippen MR) is 101 cm³/mol. The summed E-state index contributed by atoms with van der Waals surface area (Å²) in [6.07, 6.45) is 1.23. The van der Waals surface area contributed by atoms with Crippen LogP contribution >= 0.6 is 0 Å². The summed E-state index contributed by atoms with van der Waals surface area (Å²) in [5, 5.41) is 2.64. The molecule has 0 fully saturated rings. The number of nitrogens with two attached hydrogens (primary N) is 1. The van der Waals surface area contributed by atoms with E-state index in [9.17, 15) is 22.4 Å². The molecule has 0 spiro atoms. The van der Waals surface area contributed by atoms with Gasteiger partial charge >= 0.3 is 0 Å². The molecule has 0 saturated carbocycles. The molecule has 0 bridgehead atoms. The second-order valence-corrected chi connectivity index (χ2v) is 7.79. The Labute approximate surface area is 157 Å². The number of rotatable bonds is 8. The topological polar surface area (TPSA) is 110 Å². The lowest BCUT2D eigenvalue weighted by atomic mass is 10.2. The number of sulfonamides is 1. The SMILES string of the molecule is CS(=O)(=O)N(CCCC(=O)Nc1ccc(C(N)=O)cc1)c1ccccc1F. The summed E-state index contributed by atoms with van der Waals surface area (Å²) in [7, 11) is -3.69. The van der Waals surface area contributed by atoms with Crippen LogP contribution in [0.4, 0.5) is 15.8 Å². The number of halogens is 1. The Balaban J connectivity index is 1.95. The van der Waals surface area contributed by atoms with E-state index in [-0.39, 0.29) is 31.0 Å². The lowest BCUT2D eigenvalue weighted by molar-refractivity contribution is -0.116. The minimum Gasteiger partial charge on any atom is -0.366 e. The van der Waals surface area contributed by atoms with Gasteiger partial charge in [-0.25, -0.2) is 12.8 Å². The van der Waals surface area contributed by atoms with Gasteiger partial charge in [-0.05, 0) is 42.8 Å². The van der Waals surface area contributed by atoms with E-state index in [4.69, 9.17) is 5.73 Å². The molecule has 0 aliphatic rings. The standard InChI is InChI=1S/C18H20FN3O4S/c1-27(25,26)22(16-6-3-2-5-15(16)19)12-4-7-17(23)21-14-10-8-13(9-11-14)18(20)24/h2-3,5-6,8-11H,4,7,12H2,1H3,(H2,20,24)(H,21,23). The fourth-order valence-corrected chi connectivity index (χ4v) is 3.41. The van der Waals surface area contributed by atoms with Gasteiger partial charge in [-0.1, -0.05) is 12.1 Å².